The number of nitrogens with one attached hydrogen (secondary N) is 2. The standard InChI is InChI=1S/C10H18N5O5PS/c1-18-21(17,22)19-4-5-2-3-6(20-5)13-8-7(11)9(16)15-10(12)14-8/h5-6H,2-4,11H2,1H3,(H,17,22)(H4,12,13,14,15,16). The van der Waals surface area contributed by atoms with Crippen LogP contribution in [0.4, 0.5) is 17.5 Å². The third kappa shape index (κ3) is 4.38. The van der Waals surface area contributed by atoms with Crippen LogP contribution in [0.5, 0.6) is 0 Å². The molecular weight excluding hydrogens is 333 g/mol. The molecule has 3 atom stereocenters. The molecule has 2 rings (SSSR count). The normalized spacial score (nSPS) is 24.1. The summed E-state index contributed by atoms with van der Waals surface area (Å²) in [6.07, 6.45) is 0.657. The fourth-order valence-corrected chi connectivity index (χ4v) is 2.57. The van der Waals surface area contributed by atoms with Crippen molar-refractivity contribution in [2.24, 2.45) is 0 Å². The number of ether oxygens (including phenoxy) is 1. The number of nitrogens with zero attached hydrogens (tertiary/aromatic N) is 1. The first-order chi connectivity index (χ1) is 10.3. The average molecular weight is 351 g/mol. The van der Waals surface area contributed by atoms with Gasteiger partial charge in [-0.25, -0.2) is 0 Å². The van der Waals surface area contributed by atoms with Crippen molar-refractivity contribution in [2.75, 3.05) is 30.5 Å². The van der Waals surface area contributed by atoms with Crippen molar-refractivity contribution in [1.82, 2.24) is 9.97 Å². The quantitative estimate of drug-likeness (QED) is 0.432. The molecule has 10 nitrogen and oxygen atoms in total. The zero-order chi connectivity index (χ0) is 16.3. The molecule has 1 saturated heterocycles. The maximum atomic E-state index is 11.5. The molecule has 7 N–H and O–H groups in total. The number of aromatic amines is 1. The van der Waals surface area contributed by atoms with Crippen molar-refractivity contribution in [3.05, 3.63) is 10.4 Å². The van der Waals surface area contributed by atoms with E-state index in [1.807, 2.05) is 0 Å². The lowest BCUT2D eigenvalue weighted by Crippen LogP contribution is -2.26. The van der Waals surface area contributed by atoms with Crippen LogP contribution < -0.4 is 22.3 Å². The van der Waals surface area contributed by atoms with Crippen molar-refractivity contribution < 1.29 is 18.7 Å². The molecule has 0 amide bonds. The van der Waals surface area contributed by atoms with E-state index in [-0.39, 0.29) is 30.2 Å². The van der Waals surface area contributed by atoms with Crippen LogP contribution >= 0.6 is 6.72 Å². The second-order valence-corrected chi connectivity index (χ2v) is 7.57. The molecule has 1 aliphatic heterocycles. The lowest BCUT2D eigenvalue weighted by molar-refractivity contribution is 0.0256. The molecule has 22 heavy (non-hydrogen) atoms. The Morgan fingerprint density at radius 2 is 2.32 bits per heavy atom. The number of aromatic nitrogens is 2. The van der Waals surface area contributed by atoms with Crippen molar-refractivity contribution in [2.45, 2.75) is 25.2 Å². The third-order valence-corrected chi connectivity index (χ3v) is 4.73. The molecule has 1 aromatic rings. The Labute approximate surface area is 131 Å². The molecule has 0 radical (unpaired) electrons. The summed E-state index contributed by atoms with van der Waals surface area (Å²) in [5.74, 6) is 0.123. The summed E-state index contributed by atoms with van der Waals surface area (Å²) in [4.78, 5) is 27.2. The smallest absolute Gasteiger partial charge is 0.324 e. The van der Waals surface area contributed by atoms with Gasteiger partial charge < -0.3 is 35.5 Å². The summed E-state index contributed by atoms with van der Waals surface area (Å²) in [6.45, 7) is -3.08. The van der Waals surface area contributed by atoms with Crippen LogP contribution in [0.1, 0.15) is 12.8 Å². The van der Waals surface area contributed by atoms with Gasteiger partial charge in [0.05, 0.1) is 12.7 Å². The van der Waals surface area contributed by atoms with Crippen molar-refractivity contribution in [3.8, 4) is 0 Å². The number of hydrogen-bond acceptors (Lipinski definition) is 9. The zero-order valence-electron chi connectivity index (χ0n) is 11.8. The van der Waals surface area contributed by atoms with Crippen LogP contribution in [-0.2, 0) is 25.6 Å². The van der Waals surface area contributed by atoms with Gasteiger partial charge in [-0.2, -0.15) is 4.98 Å². The van der Waals surface area contributed by atoms with Gasteiger partial charge in [0, 0.05) is 7.11 Å². The maximum Gasteiger partial charge on any atom is 0.324 e. The summed E-state index contributed by atoms with van der Waals surface area (Å²) in [7, 11) is 1.28. The summed E-state index contributed by atoms with van der Waals surface area (Å²) in [5, 5.41) is 2.91. The average Bonchev–Trinajstić information content (AvgIpc) is 2.90. The molecule has 0 aromatic carbocycles. The van der Waals surface area contributed by atoms with Crippen molar-refractivity contribution in [3.63, 3.8) is 0 Å². The zero-order valence-corrected chi connectivity index (χ0v) is 13.5. The first-order valence-corrected chi connectivity index (χ1v) is 9.00. The predicted octanol–water partition coefficient (Wildman–Crippen LogP) is -0.269. The molecule has 0 spiro atoms. The molecule has 12 heteroatoms. The highest BCUT2D eigenvalue weighted by molar-refractivity contribution is 8.07. The van der Waals surface area contributed by atoms with E-state index < -0.39 is 18.5 Å². The van der Waals surface area contributed by atoms with Crippen molar-refractivity contribution >= 4 is 36.0 Å². The van der Waals surface area contributed by atoms with Crippen molar-refractivity contribution in [1.29, 1.82) is 0 Å². The minimum Gasteiger partial charge on any atom is -0.391 e. The van der Waals surface area contributed by atoms with Crippen LogP contribution in [0.3, 0.4) is 0 Å². The number of nitrogen functional groups attached to an aromatic ring is 2. The van der Waals surface area contributed by atoms with Gasteiger partial charge in [0.15, 0.2) is 5.82 Å². The summed E-state index contributed by atoms with van der Waals surface area (Å²) in [5.41, 5.74) is 10.5. The van der Waals surface area contributed by atoms with Crippen LogP contribution in [0.25, 0.3) is 0 Å². The minimum atomic E-state index is -3.19. The summed E-state index contributed by atoms with van der Waals surface area (Å²) in [6, 6.07) is 0. The molecule has 0 bridgehead atoms. The topological polar surface area (TPSA) is 158 Å². The first kappa shape index (κ1) is 17.1. The van der Waals surface area contributed by atoms with E-state index in [2.05, 4.69) is 19.8 Å². The second-order valence-electron chi connectivity index (χ2n) is 4.63. The van der Waals surface area contributed by atoms with Gasteiger partial charge in [-0.05, 0) is 24.6 Å². The Balaban J connectivity index is 1.92. The summed E-state index contributed by atoms with van der Waals surface area (Å²) >= 11 is 4.73. The monoisotopic (exact) mass is 351 g/mol. The Morgan fingerprint density at radius 1 is 1.59 bits per heavy atom. The Hall–Kier alpha value is -1.23. The van der Waals surface area contributed by atoms with Gasteiger partial charge in [0.1, 0.15) is 11.9 Å². The highest BCUT2D eigenvalue weighted by Gasteiger charge is 2.28. The highest BCUT2D eigenvalue weighted by Crippen LogP contribution is 2.43. The number of anilines is 3. The van der Waals surface area contributed by atoms with E-state index in [4.69, 9.17) is 32.5 Å². The molecule has 1 aliphatic rings. The SMILES string of the molecule is COP(O)(=S)OCC1CCC(Nc2nc(N)[nH]c(=O)c2N)O1. The number of H-pyrrole nitrogens is 1. The molecular formula is C10H18N5O5PS. The van der Waals surface area contributed by atoms with Gasteiger partial charge in [-0.3, -0.25) is 9.78 Å². The van der Waals surface area contributed by atoms with E-state index in [9.17, 15) is 9.69 Å². The van der Waals surface area contributed by atoms with E-state index >= 15 is 0 Å². The van der Waals surface area contributed by atoms with Crippen LogP contribution in [0.15, 0.2) is 4.79 Å². The number of nitrogens with two attached hydrogens (primary N) is 2. The van der Waals surface area contributed by atoms with Gasteiger partial charge >= 0.3 is 6.72 Å². The van der Waals surface area contributed by atoms with Crippen LogP contribution in [0, 0.1) is 0 Å². The van der Waals surface area contributed by atoms with Crippen LogP contribution in [0.2, 0.25) is 0 Å². The Kier molecular flexibility index (Phi) is 5.37. The summed E-state index contributed by atoms with van der Waals surface area (Å²) < 4.78 is 15.4. The van der Waals surface area contributed by atoms with E-state index in [1.165, 1.54) is 7.11 Å². The molecule has 124 valence electrons. The van der Waals surface area contributed by atoms with E-state index in [0.717, 1.165) is 0 Å². The molecule has 1 aromatic heterocycles. The van der Waals surface area contributed by atoms with Gasteiger partial charge in [0.25, 0.3) is 5.56 Å². The molecule has 3 unspecified atom stereocenters. The highest BCUT2D eigenvalue weighted by atomic mass is 32.5. The Bertz CT molecular complexity index is 641. The Morgan fingerprint density at radius 3 is 3.00 bits per heavy atom. The van der Waals surface area contributed by atoms with Gasteiger partial charge in [0.2, 0.25) is 5.95 Å². The number of hydrogen-bond donors (Lipinski definition) is 5. The predicted molar refractivity (Wildman–Crippen MR) is 84.7 cm³/mol. The van der Waals surface area contributed by atoms with Gasteiger partial charge in [-0.1, -0.05) is 0 Å². The number of rotatable bonds is 6. The molecule has 2 heterocycles. The fourth-order valence-electron chi connectivity index (χ4n) is 1.93. The van der Waals surface area contributed by atoms with E-state index in [0.29, 0.717) is 12.8 Å². The first-order valence-electron chi connectivity index (χ1n) is 6.41. The molecule has 0 aliphatic carbocycles. The third-order valence-electron chi connectivity index (χ3n) is 3.03. The minimum absolute atomic E-state index is 0.0411. The molecule has 0 saturated carbocycles. The maximum absolute atomic E-state index is 11.5. The lowest BCUT2D eigenvalue weighted by Gasteiger charge is -2.18. The largest absolute Gasteiger partial charge is 0.391 e. The van der Waals surface area contributed by atoms with Crippen LogP contribution in [-0.4, -0.2) is 40.9 Å². The molecule has 1 fully saturated rings. The lowest BCUT2D eigenvalue weighted by atomic mass is 10.2. The fraction of sp³-hybridized carbons (Fsp3) is 0.600. The second kappa shape index (κ2) is 6.90. The van der Waals surface area contributed by atoms with Gasteiger partial charge in [-0.15, -0.1) is 0 Å². The van der Waals surface area contributed by atoms with E-state index in [1.54, 1.807) is 0 Å².